The molecule has 10 heteroatoms. The van der Waals surface area contributed by atoms with E-state index in [9.17, 15) is 13.2 Å². The monoisotopic (exact) mass is 496 g/mol. The molecular weight excluding hydrogens is 472 g/mol. The lowest BCUT2D eigenvalue weighted by Crippen LogP contribution is -2.23. The Kier molecular flexibility index (Phi) is 5.86. The van der Waals surface area contributed by atoms with Gasteiger partial charge >= 0.3 is 0 Å². The van der Waals surface area contributed by atoms with E-state index in [2.05, 4.69) is 10.4 Å². The zero-order valence-corrected chi connectivity index (χ0v) is 20.4. The highest BCUT2D eigenvalue weighted by Gasteiger charge is 2.32. The predicted molar refractivity (Wildman–Crippen MR) is 132 cm³/mol. The molecule has 8 nitrogen and oxygen atoms in total. The van der Waals surface area contributed by atoms with Gasteiger partial charge in [-0.25, -0.2) is 18.1 Å². The molecule has 1 amide bonds. The quantitative estimate of drug-likeness (QED) is 0.436. The van der Waals surface area contributed by atoms with Gasteiger partial charge in [0.2, 0.25) is 0 Å². The number of hydrogen-bond acceptors (Lipinski definition) is 7. The first-order chi connectivity index (χ1) is 16.4. The summed E-state index contributed by atoms with van der Waals surface area (Å²) in [6, 6.07) is 12.9. The number of ether oxygens (including phenoxy) is 1. The fraction of sp³-hybridized carbons (Fsp3) is 0.292. The normalized spacial score (nSPS) is 17.2. The van der Waals surface area contributed by atoms with Crippen LogP contribution in [0, 0.1) is 6.92 Å². The lowest BCUT2D eigenvalue weighted by atomic mass is 10.1. The number of rotatable bonds is 6. The molecule has 0 radical (unpaired) electrons. The van der Waals surface area contributed by atoms with E-state index in [0.29, 0.717) is 46.7 Å². The fourth-order valence-corrected chi connectivity index (χ4v) is 6.76. The van der Waals surface area contributed by atoms with Crippen molar-refractivity contribution in [3.05, 3.63) is 64.7 Å². The zero-order chi connectivity index (χ0) is 23.9. The number of nitrogens with zero attached hydrogens (tertiary/aromatic N) is 3. The van der Waals surface area contributed by atoms with Gasteiger partial charge in [0.25, 0.3) is 5.91 Å². The van der Waals surface area contributed by atoms with E-state index >= 15 is 0 Å². The van der Waals surface area contributed by atoms with Gasteiger partial charge in [-0.05, 0) is 36.9 Å². The third-order valence-corrected chi connectivity index (χ3v) is 8.68. The highest BCUT2D eigenvalue weighted by atomic mass is 32.2. The topological polar surface area (TPSA) is 103 Å². The Labute approximate surface area is 201 Å². The van der Waals surface area contributed by atoms with Gasteiger partial charge in [0.05, 0.1) is 51.9 Å². The number of sulfone groups is 1. The largest absolute Gasteiger partial charge is 0.496 e. The van der Waals surface area contributed by atoms with Gasteiger partial charge in [0.15, 0.2) is 15.5 Å². The van der Waals surface area contributed by atoms with Crippen LogP contribution in [0.2, 0.25) is 0 Å². The number of amides is 1. The van der Waals surface area contributed by atoms with Gasteiger partial charge in [0, 0.05) is 12.1 Å². The number of carbonyl (C=O) groups excluding carboxylic acids is 1. The Hall–Kier alpha value is -3.24. The van der Waals surface area contributed by atoms with Crippen molar-refractivity contribution in [1.82, 2.24) is 20.1 Å². The number of fused-ring (bicyclic) bond motifs is 1. The highest BCUT2D eigenvalue weighted by molar-refractivity contribution is 7.91. The molecule has 0 saturated carbocycles. The van der Waals surface area contributed by atoms with Crippen LogP contribution in [0.5, 0.6) is 5.75 Å². The second-order valence-corrected chi connectivity index (χ2v) is 11.5. The van der Waals surface area contributed by atoms with Crippen LogP contribution in [0.1, 0.15) is 34.1 Å². The summed E-state index contributed by atoms with van der Waals surface area (Å²) >= 11 is 1.53. The Bertz CT molecular complexity index is 1480. The molecule has 0 spiro atoms. The van der Waals surface area contributed by atoms with E-state index in [1.807, 2.05) is 48.7 Å². The number of aromatic nitrogens is 3. The van der Waals surface area contributed by atoms with Crippen molar-refractivity contribution < 1.29 is 17.9 Å². The van der Waals surface area contributed by atoms with Crippen LogP contribution in [0.15, 0.2) is 47.8 Å². The smallest absolute Gasteiger partial charge is 0.252 e. The van der Waals surface area contributed by atoms with Gasteiger partial charge in [-0.3, -0.25) is 4.79 Å². The second kappa shape index (κ2) is 8.84. The molecule has 1 aliphatic heterocycles. The molecule has 176 valence electrons. The van der Waals surface area contributed by atoms with Crippen LogP contribution < -0.4 is 10.1 Å². The Balaban J connectivity index is 1.58. The summed E-state index contributed by atoms with van der Waals surface area (Å²) in [6.45, 7) is 2.13. The summed E-state index contributed by atoms with van der Waals surface area (Å²) in [6.07, 6.45) is 0.485. The van der Waals surface area contributed by atoms with E-state index in [-0.39, 0.29) is 23.5 Å². The maximum Gasteiger partial charge on any atom is 0.252 e. The minimum atomic E-state index is -3.11. The molecule has 1 fully saturated rings. The maximum absolute atomic E-state index is 13.4. The molecule has 34 heavy (non-hydrogen) atoms. The van der Waals surface area contributed by atoms with Gasteiger partial charge in [0.1, 0.15) is 5.75 Å². The van der Waals surface area contributed by atoms with Crippen molar-refractivity contribution in [2.45, 2.75) is 25.9 Å². The molecule has 4 aromatic rings. The fourth-order valence-electron chi connectivity index (χ4n) is 4.39. The van der Waals surface area contributed by atoms with E-state index in [1.165, 1.54) is 11.3 Å². The summed E-state index contributed by atoms with van der Waals surface area (Å²) in [5.74, 6) is 0.615. The zero-order valence-electron chi connectivity index (χ0n) is 18.8. The van der Waals surface area contributed by atoms with Gasteiger partial charge in [-0.2, -0.15) is 5.10 Å². The first-order valence-electron chi connectivity index (χ1n) is 10.9. The molecule has 1 aromatic carbocycles. The molecule has 1 aliphatic rings. The molecule has 0 bridgehead atoms. The van der Waals surface area contributed by atoms with Crippen LogP contribution in [0.25, 0.3) is 21.6 Å². The Morgan fingerprint density at radius 1 is 1.26 bits per heavy atom. The van der Waals surface area contributed by atoms with Crippen molar-refractivity contribution in [3.63, 3.8) is 0 Å². The second-order valence-electron chi connectivity index (χ2n) is 8.31. The number of benzene rings is 1. The first-order valence-corrected chi connectivity index (χ1v) is 13.6. The third kappa shape index (κ3) is 4.19. The summed E-state index contributed by atoms with van der Waals surface area (Å²) < 4.78 is 31.3. The summed E-state index contributed by atoms with van der Waals surface area (Å²) in [4.78, 5) is 19.2. The number of methoxy groups -OCH3 is 1. The summed E-state index contributed by atoms with van der Waals surface area (Å²) in [5.41, 5.74) is 3.17. The molecule has 4 heterocycles. The number of thiophene rings is 1. The van der Waals surface area contributed by atoms with Crippen molar-refractivity contribution in [2.24, 2.45) is 0 Å². The molecule has 0 aliphatic carbocycles. The molecule has 1 atom stereocenters. The van der Waals surface area contributed by atoms with E-state index in [4.69, 9.17) is 9.72 Å². The van der Waals surface area contributed by atoms with Crippen LogP contribution in [-0.2, 0) is 16.4 Å². The first kappa shape index (κ1) is 22.5. The van der Waals surface area contributed by atoms with E-state index < -0.39 is 9.84 Å². The minimum absolute atomic E-state index is 0.0312. The highest BCUT2D eigenvalue weighted by Crippen LogP contribution is 2.33. The number of para-hydroxylation sites is 1. The number of hydrogen-bond donors (Lipinski definition) is 1. The van der Waals surface area contributed by atoms with Crippen LogP contribution >= 0.6 is 11.3 Å². The van der Waals surface area contributed by atoms with Crippen molar-refractivity contribution in [1.29, 1.82) is 0 Å². The Morgan fingerprint density at radius 3 is 2.79 bits per heavy atom. The van der Waals surface area contributed by atoms with Gasteiger partial charge in [-0.1, -0.05) is 24.3 Å². The summed E-state index contributed by atoms with van der Waals surface area (Å²) in [5, 5.41) is 10.2. The molecule has 1 saturated heterocycles. The summed E-state index contributed by atoms with van der Waals surface area (Å²) in [7, 11) is -1.51. The average Bonchev–Trinajstić information content (AvgIpc) is 3.56. The van der Waals surface area contributed by atoms with E-state index in [1.54, 1.807) is 17.9 Å². The average molecular weight is 497 g/mol. The van der Waals surface area contributed by atoms with Crippen LogP contribution in [-0.4, -0.2) is 47.7 Å². The molecule has 0 unspecified atom stereocenters. The van der Waals surface area contributed by atoms with Gasteiger partial charge in [-0.15, -0.1) is 11.3 Å². The molecule has 1 N–H and O–H groups in total. The maximum atomic E-state index is 13.4. The standard InChI is InChI=1S/C24H24N4O4S2/c1-15-22-18(24(29)25-13-16-6-3-4-7-20(16)32-2)12-19(21-8-5-10-33-21)26-23(22)28(27-15)17-9-11-34(30,31)14-17/h3-8,10,12,17H,9,11,13-14H2,1-2H3,(H,25,29)/t17-/m1/s1. The van der Waals surface area contributed by atoms with Crippen molar-refractivity contribution in [2.75, 3.05) is 18.6 Å². The number of nitrogens with one attached hydrogen (secondary N) is 1. The minimum Gasteiger partial charge on any atom is -0.496 e. The number of aryl methyl sites for hydroxylation is 1. The predicted octanol–water partition coefficient (Wildman–Crippen LogP) is 3.77. The lowest BCUT2D eigenvalue weighted by Gasteiger charge is -2.13. The van der Waals surface area contributed by atoms with Crippen molar-refractivity contribution in [3.8, 4) is 16.3 Å². The van der Waals surface area contributed by atoms with Gasteiger partial charge < -0.3 is 10.1 Å². The van der Waals surface area contributed by atoms with Crippen LogP contribution in [0.3, 0.4) is 0 Å². The number of carbonyl (C=O) groups is 1. The lowest BCUT2D eigenvalue weighted by molar-refractivity contribution is 0.0952. The van der Waals surface area contributed by atoms with E-state index in [0.717, 1.165) is 10.4 Å². The number of pyridine rings is 1. The van der Waals surface area contributed by atoms with Crippen LogP contribution in [0.4, 0.5) is 0 Å². The van der Waals surface area contributed by atoms with Crippen molar-refractivity contribution >= 4 is 38.1 Å². The molecular formula is C24H24N4O4S2. The Morgan fingerprint density at radius 2 is 2.09 bits per heavy atom. The third-order valence-electron chi connectivity index (χ3n) is 6.04. The SMILES string of the molecule is COc1ccccc1CNC(=O)c1cc(-c2cccs2)nc2c1c(C)nn2[C@@H]1CCS(=O)(=O)C1. The molecule has 5 rings (SSSR count). The molecule has 3 aromatic heterocycles.